The van der Waals surface area contributed by atoms with Gasteiger partial charge in [0.1, 0.15) is 5.75 Å². The van der Waals surface area contributed by atoms with Crippen LogP contribution in [0.2, 0.25) is 5.02 Å². The fourth-order valence-electron chi connectivity index (χ4n) is 3.62. The quantitative estimate of drug-likeness (QED) is 0.237. The number of thioether (sulfide) groups is 1. The number of fused-ring (bicyclic) bond motifs is 1. The van der Waals surface area contributed by atoms with E-state index in [9.17, 15) is 9.59 Å². The van der Waals surface area contributed by atoms with E-state index in [0.29, 0.717) is 38.1 Å². The number of aromatic nitrogens is 4. The summed E-state index contributed by atoms with van der Waals surface area (Å²) in [5.74, 6) is 0.654. The van der Waals surface area contributed by atoms with Crippen LogP contribution in [0.25, 0.3) is 15.9 Å². The first-order valence-electron chi connectivity index (χ1n) is 11.4. The van der Waals surface area contributed by atoms with Crippen LogP contribution in [0.4, 0.5) is 5.13 Å². The SMILES string of the molecule is COc1cccc(C(=O)NCc2nnc(SCC(=O)Nc3nc4ccccc4s3)n2-c2cccc(Cl)c2)c1. The molecule has 0 saturated carbocycles. The van der Waals surface area contributed by atoms with Gasteiger partial charge in [0.25, 0.3) is 5.91 Å². The Morgan fingerprint density at radius 1 is 1.05 bits per heavy atom. The lowest BCUT2D eigenvalue weighted by Crippen LogP contribution is -2.24. The Labute approximate surface area is 231 Å². The van der Waals surface area contributed by atoms with E-state index < -0.39 is 0 Å². The average Bonchev–Trinajstić information content (AvgIpc) is 3.53. The van der Waals surface area contributed by atoms with Crippen molar-refractivity contribution < 1.29 is 14.3 Å². The molecule has 2 N–H and O–H groups in total. The van der Waals surface area contributed by atoms with Gasteiger partial charge in [-0.1, -0.05) is 59.0 Å². The number of thiazole rings is 1. The number of carbonyl (C=O) groups is 2. The number of hydrogen-bond donors (Lipinski definition) is 2. The topological polar surface area (TPSA) is 111 Å². The van der Waals surface area contributed by atoms with Crippen molar-refractivity contribution in [2.75, 3.05) is 18.2 Å². The molecule has 192 valence electrons. The Balaban J connectivity index is 1.31. The highest BCUT2D eigenvalue weighted by Gasteiger charge is 2.18. The second-order valence-corrected chi connectivity index (χ2v) is 10.4. The summed E-state index contributed by atoms with van der Waals surface area (Å²) in [5.41, 5.74) is 2.00. The van der Waals surface area contributed by atoms with Gasteiger partial charge in [-0.05, 0) is 48.5 Å². The van der Waals surface area contributed by atoms with Crippen molar-refractivity contribution in [1.29, 1.82) is 0 Å². The molecule has 0 unspecified atom stereocenters. The molecule has 3 aromatic carbocycles. The van der Waals surface area contributed by atoms with Crippen molar-refractivity contribution in [1.82, 2.24) is 25.1 Å². The molecule has 12 heteroatoms. The number of nitrogens with one attached hydrogen (secondary N) is 2. The Morgan fingerprint density at radius 2 is 1.89 bits per heavy atom. The van der Waals surface area contributed by atoms with E-state index in [-0.39, 0.29) is 24.1 Å². The third kappa shape index (κ3) is 5.96. The van der Waals surface area contributed by atoms with Gasteiger partial charge in [-0.2, -0.15) is 0 Å². The molecule has 0 spiro atoms. The molecule has 0 bridgehead atoms. The van der Waals surface area contributed by atoms with Gasteiger partial charge in [0, 0.05) is 10.6 Å². The number of hydrogen-bond acceptors (Lipinski definition) is 8. The summed E-state index contributed by atoms with van der Waals surface area (Å²) in [4.78, 5) is 29.9. The van der Waals surface area contributed by atoms with Gasteiger partial charge >= 0.3 is 0 Å². The number of para-hydroxylation sites is 1. The fraction of sp³-hybridized carbons (Fsp3) is 0.115. The molecule has 2 aromatic heterocycles. The van der Waals surface area contributed by atoms with Crippen molar-refractivity contribution in [3.63, 3.8) is 0 Å². The van der Waals surface area contributed by atoms with Gasteiger partial charge in [0.05, 0.1) is 35.3 Å². The number of ether oxygens (including phenoxy) is 1. The molecule has 2 amide bonds. The Kier molecular flexibility index (Phi) is 7.87. The first-order chi connectivity index (χ1) is 18.5. The highest BCUT2D eigenvalue weighted by molar-refractivity contribution is 7.99. The molecule has 2 heterocycles. The average molecular weight is 565 g/mol. The molecular formula is C26H21ClN6O3S2. The van der Waals surface area contributed by atoms with Crippen LogP contribution in [-0.4, -0.2) is 44.4 Å². The van der Waals surface area contributed by atoms with Crippen molar-refractivity contribution in [3.05, 3.63) is 89.2 Å². The third-order valence-corrected chi connectivity index (χ3v) is 7.49. The number of nitrogens with zero attached hydrogens (tertiary/aromatic N) is 4. The van der Waals surface area contributed by atoms with Crippen molar-refractivity contribution in [2.24, 2.45) is 0 Å². The van der Waals surface area contributed by atoms with Gasteiger partial charge in [0.15, 0.2) is 16.1 Å². The Morgan fingerprint density at radius 3 is 2.71 bits per heavy atom. The van der Waals surface area contributed by atoms with E-state index in [1.165, 1.54) is 23.1 Å². The number of rotatable bonds is 9. The zero-order valence-electron chi connectivity index (χ0n) is 20.1. The highest BCUT2D eigenvalue weighted by Crippen LogP contribution is 2.27. The summed E-state index contributed by atoms with van der Waals surface area (Å²) in [7, 11) is 1.54. The van der Waals surface area contributed by atoms with Crippen LogP contribution in [0.15, 0.2) is 78.0 Å². The van der Waals surface area contributed by atoms with E-state index in [2.05, 4.69) is 25.8 Å². The summed E-state index contributed by atoms with van der Waals surface area (Å²) in [6.45, 7) is 0.105. The van der Waals surface area contributed by atoms with Crippen molar-refractivity contribution in [2.45, 2.75) is 11.7 Å². The molecule has 0 fully saturated rings. The number of benzene rings is 3. The lowest BCUT2D eigenvalue weighted by atomic mass is 10.2. The van der Waals surface area contributed by atoms with Gasteiger partial charge in [-0.15, -0.1) is 10.2 Å². The lowest BCUT2D eigenvalue weighted by molar-refractivity contribution is -0.113. The van der Waals surface area contributed by atoms with Crippen molar-refractivity contribution in [3.8, 4) is 11.4 Å². The van der Waals surface area contributed by atoms with E-state index in [1.54, 1.807) is 48.1 Å². The normalized spacial score (nSPS) is 10.9. The molecule has 0 atom stereocenters. The van der Waals surface area contributed by atoms with Gasteiger partial charge < -0.3 is 15.4 Å². The molecule has 0 aliphatic carbocycles. The Bertz CT molecular complexity index is 1590. The molecule has 38 heavy (non-hydrogen) atoms. The van der Waals surface area contributed by atoms with Crippen LogP contribution in [-0.2, 0) is 11.3 Å². The van der Waals surface area contributed by atoms with Gasteiger partial charge in [-0.25, -0.2) is 4.98 Å². The summed E-state index contributed by atoms with van der Waals surface area (Å²) in [6.07, 6.45) is 0. The zero-order chi connectivity index (χ0) is 26.5. The summed E-state index contributed by atoms with van der Waals surface area (Å²) < 4.78 is 7.97. The number of anilines is 1. The van der Waals surface area contributed by atoms with Crippen molar-refractivity contribution >= 4 is 61.9 Å². The lowest BCUT2D eigenvalue weighted by Gasteiger charge is -2.11. The number of amides is 2. The largest absolute Gasteiger partial charge is 0.497 e. The number of halogens is 1. The highest BCUT2D eigenvalue weighted by atomic mass is 35.5. The molecule has 0 radical (unpaired) electrons. The number of methoxy groups -OCH3 is 1. The molecule has 5 rings (SSSR count). The summed E-state index contributed by atoms with van der Waals surface area (Å²) >= 11 is 8.88. The van der Waals surface area contributed by atoms with E-state index in [1.807, 2.05) is 36.4 Å². The van der Waals surface area contributed by atoms with Crippen LogP contribution in [0.3, 0.4) is 0 Å². The van der Waals surface area contributed by atoms with Crippen LogP contribution in [0, 0.1) is 0 Å². The van der Waals surface area contributed by atoms with E-state index >= 15 is 0 Å². The van der Waals surface area contributed by atoms with Crippen LogP contribution >= 0.6 is 34.7 Å². The van der Waals surface area contributed by atoms with E-state index in [0.717, 1.165) is 10.2 Å². The van der Waals surface area contributed by atoms with Crippen LogP contribution in [0.5, 0.6) is 5.75 Å². The van der Waals surface area contributed by atoms with Gasteiger partial charge in [-0.3, -0.25) is 14.2 Å². The minimum Gasteiger partial charge on any atom is -0.497 e. The Hall–Kier alpha value is -3.93. The fourth-order valence-corrected chi connectivity index (χ4v) is 5.46. The maximum atomic E-state index is 12.7. The molecule has 5 aromatic rings. The molecule has 0 saturated heterocycles. The predicted octanol–water partition coefficient (Wildman–Crippen LogP) is 5.20. The van der Waals surface area contributed by atoms with Gasteiger partial charge in [0.2, 0.25) is 5.91 Å². The first kappa shape index (κ1) is 25.7. The maximum Gasteiger partial charge on any atom is 0.251 e. The maximum absolute atomic E-state index is 12.7. The zero-order valence-corrected chi connectivity index (χ0v) is 22.4. The third-order valence-electron chi connectivity index (χ3n) is 5.38. The molecule has 9 nitrogen and oxygen atoms in total. The standard InChI is InChI=1S/C26H21ClN6O3S2/c1-36-19-9-4-6-16(12-19)24(35)28-14-22-31-32-26(33(22)18-8-5-7-17(27)13-18)37-15-23(34)30-25-29-20-10-2-3-11-21(20)38-25/h2-13H,14-15H2,1H3,(H,28,35)(H,29,30,34). The second-order valence-electron chi connectivity index (χ2n) is 7.95. The minimum atomic E-state index is -0.283. The second kappa shape index (κ2) is 11.6. The van der Waals surface area contributed by atoms with Crippen LogP contribution < -0.4 is 15.4 Å². The molecule has 0 aliphatic rings. The predicted molar refractivity (Wildman–Crippen MR) is 150 cm³/mol. The molecule has 0 aliphatic heterocycles. The first-order valence-corrected chi connectivity index (χ1v) is 13.6. The van der Waals surface area contributed by atoms with E-state index in [4.69, 9.17) is 16.3 Å². The summed E-state index contributed by atoms with van der Waals surface area (Å²) in [6, 6.07) is 21.8. The smallest absolute Gasteiger partial charge is 0.251 e. The summed E-state index contributed by atoms with van der Waals surface area (Å²) in [5, 5.41) is 15.8. The molecular weight excluding hydrogens is 544 g/mol. The monoisotopic (exact) mass is 564 g/mol. The van der Waals surface area contributed by atoms with Crippen LogP contribution in [0.1, 0.15) is 16.2 Å². The number of carbonyl (C=O) groups excluding carboxylic acids is 2. The minimum absolute atomic E-state index is 0.0881.